The van der Waals surface area contributed by atoms with E-state index in [0.717, 1.165) is 12.3 Å². The Balaban J connectivity index is 1.83. The Kier molecular flexibility index (Phi) is 7.02. The lowest BCUT2D eigenvalue weighted by molar-refractivity contribution is -0.385. The third-order valence-corrected chi connectivity index (χ3v) is 7.63. The van der Waals surface area contributed by atoms with Crippen molar-refractivity contribution < 1.29 is 24.1 Å². The molecule has 0 aliphatic carbocycles. The van der Waals surface area contributed by atoms with Gasteiger partial charge in [-0.3, -0.25) is 14.9 Å². The molecule has 0 aliphatic rings. The van der Waals surface area contributed by atoms with Crippen molar-refractivity contribution in [3.63, 3.8) is 0 Å². The maximum absolute atomic E-state index is 13.9. The number of phenolic OH excluding ortho intramolecular Hbond substituents is 1. The number of nitro groups is 1. The van der Waals surface area contributed by atoms with Gasteiger partial charge in [-0.25, -0.2) is 5.43 Å². The number of hydrogen-bond donors (Lipinski definition) is 2. The molecule has 164 valence electrons. The molecule has 32 heavy (non-hydrogen) atoms. The number of nitro benzene ring substituents is 1. The lowest BCUT2D eigenvalue weighted by Crippen LogP contribution is -2.28. The van der Waals surface area contributed by atoms with Crippen LogP contribution in [0.1, 0.15) is 5.56 Å². The van der Waals surface area contributed by atoms with Crippen LogP contribution < -0.4 is 20.8 Å². The largest absolute Gasteiger partial charge is 0.502 e. The number of rotatable bonds is 8. The fourth-order valence-electron chi connectivity index (χ4n) is 3.05. The first-order chi connectivity index (χ1) is 15.3. The molecule has 10 heteroatoms. The third-order valence-electron chi connectivity index (χ3n) is 4.63. The second-order valence-electron chi connectivity index (χ2n) is 6.70. The number of hydrazone groups is 1. The van der Waals surface area contributed by atoms with E-state index in [0.29, 0.717) is 10.6 Å². The highest BCUT2D eigenvalue weighted by atomic mass is 31.2. The Labute approximate surface area is 183 Å². The van der Waals surface area contributed by atoms with E-state index in [-0.39, 0.29) is 17.5 Å². The molecule has 0 aliphatic heterocycles. The van der Waals surface area contributed by atoms with Crippen LogP contribution in [0.25, 0.3) is 0 Å². The molecule has 9 nitrogen and oxygen atoms in total. The highest BCUT2D eigenvalue weighted by Crippen LogP contribution is 2.42. The van der Waals surface area contributed by atoms with Crippen molar-refractivity contribution in [2.45, 2.75) is 0 Å². The van der Waals surface area contributed by atoms with Crippen LogP contribution in [0.4, 0.5) is 5.69 Å². The normalized spacial score (nSPS) is 11.3. The van der Waals surface area contributed by atoms with E-state index < -0.39 is 29.4 Å². The van der Waals surface area contributed by atoms with E-state index in [4.69, 9.17) is 4.74 Å². The van der Waals surface area contributed by atoms with Crippen LogP contribution in [0, 0.1) is 10.1 Å². The predicted octanol–water partition coefficient (Wildman–Crippen LogP) is 2.77. The summed E-state index contributed by atoms with van der Waals surface area (Å²) in [7, 11) is -1.96. The second-order valence-corrected chi connectivity index (χ2v) is 9.53. The van der Waals surface area contributed by atoms with E-state index in [1.807, 2.05) is 0 Å². The lowest BCUT2D eigenvalue weighted by atomic mass is 10.1. The summed E-state index contributed by atoms with van der Waals surface area (Å²) in [5, 5.41) is 26.0. The van der Waals surface area contributed by atoms with Crippen LogP contribution in [0.3, 0.4) is 0 Å². The number of carbonyl (C=O) groups excluding carboxylic acids is 1. The van der Waals surface area contributed by atoms with Crippen molar-refractivity contribution in [3.05, 3.63) is 88.5 Å². The third kappa shape index (κ3) is 5.01. The fraction of sp³-hybridized carbons (Fsp3) is 0.0909. The van der Waals surface area contributed by atoms with Gasteiger partial charge in [0.25, 0.3) is 0 Å². The molecule has 2 N–H and O–H groups in total. The molecule has 0 heterocycles. The minimum atomic E-state index is -3.28. The molecule has 0 saturated carbocycles. The number of nitrogens with one attached hydrogen (secondary N) is 1. The van der Waals surface area contributed by atoms with E-state index in [2.05, 4.69) is 10.5 Å². The molecule has 3 aromatic carbocycles. The maximum atomic E-state index is 13.9. The fourth-order valence-corrected chi connectivity index (χ4v) is 5.50. The van der Waals surface area contributed by atoms with Crippen molar-refractivity contribution in [2.75, 3.05) is 13.3 Å². The summed E-state index contributed by atoms with van der Waals surface area (Å²) in [6, 6.07) is 19.8. The monoisotopic (exact) mass is 453 g/mol. The van der Waals surface area contributed by atoms with Crippen molar-refractivity contribution >= 4 is 35.6 Å². The minimum Gasteiger partial charge on any atom is -0.502 e. The summed E-state index contributed by atoms with van der Waals surface area (Å²) < 4.78 is 18.9. The predicted molar refractivity (Wildman–Crippen MR) is 122 cm³/mol. The quantitative estimate of drug-likeness (QED) is 0.233. The van der Waals surface area contributed by atoms with E-state index in [1.54, 1.807) is 60.7 Å². The molecular weight excluding hydrogens is 433 g/mol. The van der Waals surface area contributed by atoms with Crippen molar-refractivity contribution in [1.82, 2.24) is 5.43 Å². The first-order valence-electron chi connectivity index (χ1n) is 9.42. The minimum absolute atomic E-state index is 0.0225. The molecule has 0 bridgehead atoms. The number of nitrogens with zero attached hydrogens (tertiary/aromatic N) is 2. The zero-order chi connectivity index (χ0) is 23.1. The number of methoxy groups -OCH3 is 1. The van der Waals surface area contributed by atoms with E-state index in [1.165, 1.54) is 13.2 Å². The average Bonchev–Trinajstić information content (AvgIpc) is 2.81. The van der Waals surface area contributed by atoms with Gasteiger partial charge in [0.1, 0.15) is 5.75 Å². The van der Waals surface area contributed by atoms with Gasteiger partial charge in [-0.1, -0.05) is 60.7 Å². The lowest BCUT2D eigenvalue weighted by Gasteiger charge is -2.18. The Morgan fingerprint density at radius 2 is 1.69 bits per heavy atom. The molecule has 0 atom stereocenters. The zero-order valence-electron chi connectivity index (χ0n) is 17.0. The summed E-state index contributed by atoms with van der Waals surface area (Å²) in [6.45, 7) is 0. The number of benzene rings is 3. The molecule has 0 aromatic heterocycles. The van der Waals surface area contributed by atoms with Gasteiger partial charge >= 0.3 is 5.69 Å². The molecule has 0 saturated heterocycles. The van der Waals surface area contributed by atoms with Crippen LogP contribution in [-0.2, 0) is 9.36 Å². The smallest absolute Gasteiger partial charge is 0.315 e. The molecular formula is C22H20N3O6P. The topological polar surface area (TPSA) is 131 Å². The van der Waals surface area contributed by atoms with E-state index >= 15 is 0 Å². The molecule has 0 radical (unpaired) electrons. The summed E-state index contributed by atoms with van der Waals surface area (Å²) in [4.78, 5) is 22.9. The Morgan fingerprint density at radius 1 is 1.12 bits per heavy atom. The highest BCUT2D eigenvalue weighted by molar-refractivity contribution is 7.79. The molecule has 3 aromatic rings. The molecule has 0 fully saturated rings. The summed E-state index contributed by atoms with van der Waals surface area (Å²) >= 11 is 0. The van der Waals surface area contributed by atoms with E-state index in [9.17, 15) is 24.6 Å². The SMILES string of the molecule is COc1cc(/C=N/NC(=O)CP(=O)(c2ccccc2)c2ccccc2)c(O)c([N+](=O)[O-])c1. The van der Waals surface area contributed by atoms with Gasteiger partial charge < -0.3 is 14.4 Å². The highest BCUT2D eigenvalue weighted by Gasteiger charge is 2.30. The second kappa shape index (κ2) is 9.89. The molecule has 3 rings (SSSR count). The zero-order valence-corrected chi connectivity index (χ0v) is 17.9. The van der Waals surface area contributed by atoms with Crippen LogP contribution in [0.15, 0.2) is 77.9 Å². The molecule has 1 amide bonds. The Morgan fingerprint density at radius 3 is 2.19 bits per heavy atom. The van der Waals surface area contributed by atoms with Gasteiger partial charge in [-0.05, 0) is 6.07 Å². The molecule has 0 spiro atoms. The number of amides is 1. The van der Waals surface area contributed by atoms with Crippen molar-refractivity contribution in [3.8, 4) is 11.5 Å². The Hall–Kier alpha value is -3.97. The average molecular weight is 453 g/mol. The van der Waals surface area contributed by atoms with Gasteiger partial charge in [0, 0.05) is 16.2 Å². The molecule has 0 unspecified atom stereocenters. The van der Waals surface area contributed by atoms with Gasteiger partial charge in [0.05, 0.1) is 30.5 Å². The Bertz CT molecular complexity index is 1160. The van der Waals surface area contributed by atoms with Crippen LogP contribution in [-0.4, -0.2) is 35.4 Å². The van der Waals surface area contributed by atoms with Gasteiger partial charge in [-0.2, -0.15) is 5.10 Å². The van der Waals surface area contributed by atoms with Gasteiger partial charge in [-0.15, -0.1) is 0 Å². The summed E-state index contributed by atoms with van der Waals surface area (Å²) in [5.41, 5.74) is 1.69. The summed E-state index contributed by atoms with van der Waals surface area (Å²) in [6.07, 6.45) is 0.724. The standard InChI is InChI=1S/C22H20N3O6P/c1-31-17-12-16(22(27)20(13-17)25(28)29)14-23-24-21(26)15-32(30,18-8-4-2-5-9-18)19-10-6-3-7-11-19/h2-14,27H,15H2,1H3,(H,24,26)/b23-14+. The first-order valence-corrected chi connectivity index (χ1v) is 11.3. The number of phenols is 1. The summed E-state index contributed by atoms with van der Waals surface area (Å²) in [5.74, 6) is -1.10. The number of carbonyl (C=O) groups is 1. The van der Waals surface area contributed by atoms with Crippen LogP contribution >= 0.6 is 7.14 Å². The number of aromatic hydroxyl groups is 1. The number of hydrogen-bond acceptors (Lipinski definition) is 7. The van der Waals surface area contributed by atoms with Gasteiger partial charge in [0.2, 0.25) is 11.7 Å². The van der Waals surface area contributed by atoms with Gasteiger partial charge in [0.15, 0.2) is 7.14 Å². The van der Waals surface area contributed by atoms with Crippen LogP contribution in [0.2, 0.25) is 0 Å². The van der Waals surface area contributed by atoms with Crippen molar-refractivity contribution in [1.29, 1.82) is 0 Å². The van der Waals surface area contributed by atoms with Crippen LogP contribution in [0.5, 0.6) is 11.5 Å². The van der Waals surface area contributed by atoms with Crippen molar-refractivity contribution in [2.24, 2.45) is 5.10 Å². The first kappa shape index (κ1) is 22.7. The maximum Gasteiger partial charge on any atom is 0.315 e. The number of ether oxygens (including phenoxy) is 1.